The van der Waals surface area contributed by atoms with E-state index in [0.717, 1.165) is 18.8 Å². The van der Waals surface area contributed by atoms with Gasteiger partial charge in [-0.05, 0) is 17.7 Å². The van der Waals surface area contributed by atoms with Crippen molar-refractivity contribution >= 4 is 22.5 Å². The Morgan fingerprint density at radius 1 is 1.40 bits per heavy atom. The first kappa shape index (κ1) is 10.4. The van der Waals surface area contributed by atoms with E-state index in [0.29, 0.717) is 18.8 Å². The van der Waals surface area contributed by atoms with Gasteiger partial charge in [0.05, 0.1) is 30.7 Å². The molecule has 0 amide bonds. The van der Waals surface area contributed by atoms with Crippen molar-refractivity contribution < 1.29 is 9.53 Å². The lowest BCUT2D eigenvalue weighted by atomic mass is 10.2. The maximum absolute atomic E-state index is 11.0. The molecule has 1 aliphatic heterocycles. The van der Waals surface area contributed by atoms with Crippen molar-refractivity contribution in [3.63, 3.8) is 0 Å². The van der Waals surface area contributed by atoms with E-state index in [4.69, 9.17) is 16.3 Å². The standard InChI is InChI=1S/C10H11ClN2O2/c11-10(14)8-5-9(7-12-6-8)13-1-3-15-4-2-13/h5-7H,1-4H2. The second-order valence-corrected chi connectivity index (χ2v) is 3.65. The first-order valence-electron chi connectivity index (χ1n) is 4.75. The smallest absolute Gasteiger partial charge is 0.254 e. The van der Waals surface area contributed by atoms with Crippen molar-refractivity contribution in [1.82, 2.24) is 4.98 Å². The van der Waals surface area contributed by atoms with E-state index in [1.54, 1.807) is 12.3 Å². The van der Waals surface area contributed by atoms with Crippen molar-refractivity contribution in [1.29, 1.82) is 0 Å². The van der Waals surface area contributed by atoms with Crippen LogP contribution < -0.4 is 4.90 Å². The molecule has 0 saturated carbocycles. The highest BCUT2D eigenvalue weighted by Crippen LogP contribution is 2.16. The number of ether oxygens (including phenoxy) is 1. The van der Waals surface area contributed by atoms with Crippen LogP contribution in [0, 0.1) is 0 Å². The lowest BCUT2D eigenvalue weighted by Crippen LogP contribution is -2.36. The monoisotopic (exact) mass is 226 g/mol. The van der Waals surface area contributed by atoms with Crippen LogP contribution in [-0.2, 0) is 4.74 Å². The molecule has 1 aliphatic rings. The molecule has 1 aromatic heterocycles. The SMILES string of the molecule is O=C(Cl)c1cncc(N2CCOCC2)c1. The van der Waals surface area contributed by atoms with Gasteiger partial charge in [0.1, 0.15) is 0 Å². The Bertz CT molecular complexity index is 364. The molecule has 4 nitrogen and oxygen atoms in total. The zero-order valence-electron chi connectivity index (χ0n) is 8.15. The van der Waals surface area contributed by atoms with Gasteiger partial charge in [-0.15, -0.1) is 0 Å². The predicted octanol–water partition coefficient (Wildman–Crippen LogP) is 1.30. The molecule has 0 aliphatic carbocycles. The highest BCUT2D eigenvalue weighted by molar-refractivity contribution is 6.67. The summed E-state index contributed by atoms with van der Waals surface area (Å²) < 4.78 is 5.24. The van der Waals surface area contributed by atoms with Crippen LogP contribution in [0.5, 0.6) is 0 Å². The maximum atomic E-state index is 11.0. The van der Waals surface area contributed by atoms with Gasteiger partial charge in [0, 0.05) is 19.3 Å². The van der Waals surface area contributed by atoms with Crippen LogP contribution in [0.4, 0.5) is 5.69 Å². The molecule has 0 spiro atoms. The van der Waals surface area contributed by atoms with Gasteiger partial charge in [-0.25, -0.2) is 0 Å². The average molecular weight is 227 g/mol. The first-order valence-corrected chi connectivity index (χ1v) is 5.13. The largest absolute Gasteiger partial charge is 0.378 e. The van der Waals surface area contributed by atoms with E-state index >= 15 is 0 Å². The van der Waals surface area contributed by atoms with E-state index in [1.165, 1.54) is 6.20 Å². The molecule has 0 radical (unpaired) electrons. The predicted molar refractivity (Wildman–Crippen MR) is 57.5 cm³/mol. The van der Waals surface area contributed by atoms with E-state index < -0.39 is 5.24 Å². The molecule has 5 heteroatoms. The minimum atomic E-state index is -0.474. The van der Waals surface area contributed by atoms with Crippen molar-refractivity contribution in [3.05, 3.63) is 24.0 Å². The van der Waals surface area contributed by atoms with E-state index in [1.807, 2.05) is 0 Å². The fourth-order valence-electron chi connectivity index (χ4n) is 1.53. The molecule has 2 heterocycles. The van der Waals surface area contributed by atoms with Crippen LogP contribution in [0.25, 0.3) is 0 Å². The fraction of sp³-hybridized carbons (Fsp3) is 0.400. The summed E-state index contributed by atoms with van der Waals surface area (Å²) in [5.41, 5.74) is 1.35. The molecule has 1 aromatic rings. The molecule has 1 fully saturated rings. The molecule has 0 unspecified atom stereocenters. The Kier molecular flexibility index (Phi) is 3.18. The van der Waals surface area contributed by atoms with Crippen molar-refractivity contribution in [2.75, 3.05) is 31.2 Å². The second kappa shape index (κ2) is 4.59. The van der Waals surface area contributed by atoms with Crippen LogP contribution in [0.15, 0.2) is 18.5 Å². The maximum Gasteiger partial charge on any atom is 0.254 e. The lowest BCUT2D eigenvalue weighted by molar-refractivity contribution is 0.108. The number of nitrogens with zero attached hydrogens (tertiary/aromatic N) is 2. The third-order valence-corrected chi connectivity index (χ3v) is 2.55. The average Bonchev–Trinajstić information content (AvgIpc) is 2.30. The van der Waals surface area contributed by atoms with Gasteiger partial charge >= 0.3 is 0 Å². The Hall–Kier alpha value is -1.13. The summed E-state index contributed by atoms with van der Waals surface area (Å²) in [7, 11) is 0. The first-order chi connectivity index (χ1) is 7.27. The number of hydrogen-bond donors (Lipinski definition) is 0. The molecule has 0 aromatic carbocycles. The van der Waals surface area contributed by atoms with Gasteiger partial charge in [0.2, 0.25) is 0 Å². The summed E-state index contributed by atoms with van der Waals surface area (Å²) in [6, 6.07) is 1.76. The Balaban J connectivity index is 2.19. The van der Waals surface area contributed by atoms with Crippen LogP contribution in [0.1, 0.15) is 10.4 Å². The molecule has 2 rings (SSSR count). The third kappa shape index (κ3) is 2.46. The van der Waals surface area contributed by atoms with E-state index in [-0.39, 0.29) is 0 Å². The van der Waals surface area contributed by atoms with Gasteiger partial charge in [0.15, 0.2) is 0 Å². The number of morpholine rings is 1. The van der Waals surface area contributed by atoms with Crippen LogP contribution >= 0.6 is 11.6 Å². The summed E-state index contributed by atoms with van der Waals surface area (Å²) in [5.74, 6) is 0. The zero-order valence-corrected chi connectivity index (χ0v) is 8.91. The molecule has 1 saturated heterocycles. The van der Waals surface area contributed by atoms with Gasteiger partial charge < -0.3 is 9.64 Å². The number of rotatable bonds is 2. The number of halogens is 1. The van der Waals surface area contributed by atoms with E-state index in [2.05, 4.69) is 9.88 Å². The molecular weight excluding hydrogens is 216 g/mol. The Labute approximate surface area is 92.8 Å². The normalized spacial score (nSPS) is 16.5. The Morgan fingerprint density at radius 3 is 2.80 bits per heavy atom. The zero-order chi connectivity index (χ0) is 10.7. The molecule has 0 atom stereocenters. The minimum Gasteiger partial charge on any atom is -0.378 e. The number of hydrogen-bond acceptors (Lipinski definition) is 4. The fourth-order valence-corrected chi connectivity index (χ4v) is 1.63. The molecule has 0 bridgehead atoms. The summed E-state index contributed by atoms with van der Waals surface area (Å²) in [4.78, 5) is 17.1. The molecule has 15 heavy (non-hydrogen) atoms. The number of carbonyl (C=O) groups excluding carboxylic acids is 1. The van der Waals surface area contributed by atoms with Crippen molar-refractivity contribution in [3.8, 4) is 0 Å². The quantitative estimate of drug-likeness (QED) is 0.713. The highest BCUT2D eigenvalue weighted by Gasteiger charge is 2.12. The third-order valence-electron chi connectivity index (χ3n) is 2.33. The second-order valence-electron chi connectivity index (χ2n) is 3.30. The summed E-state index contributed by atoms with van der Waals surface area (Å²) in [6.45, 7) is 3.06. The number of aromatic nitrogens is 1. The molecule has 80 valence electrons. The van der Waals surface area contributed by atoms with Crippen molar-refractivity contribution in [2.45, 2.75) is 0 Å². The van der Waals surface area contributed by atoms with Crippen LogP contribution in [0.3, 0.4) is 0 Å². The number of carbonyl (C=O) groups is 1. The Morgan fingerprint density at radius 2 is 2.13 bits per heavy atom. The highest BCUT2D eigenvalue weighted by atomic mass is 35.5. The number of pyridine rings is 1. The van der Waals surface area contributed by atoms with Crippen LogP contribution in [0.2, 0.25) is 0 Å². The van der Waals surface area contributed by atoms with Gasteiger partial charge in [-0.2, -0.15) is 0 Å². The lowest BCUT2D eigenvalue weighted by Gasteiger charge is -2.28. The van der Waals surface area contributed by atoms with Gasteiger partial charge in [-0.1, -0.05) is 0 Å². The summed E-state index contributed by atoms with van der Waals surface area (Å²) in [5, 5.41) is -0.474. The van der Waals surface area contributed by atoms with Crippen LogP contribution in [-0.4, -0.2) is 36.5 Å². The minimum absolute atomic E-state index is 0.431. The van der Waals surface area contributed by atoms with Crippen molar-refractivity contribution in [2.24, 2.45) is 0 Å². The van der Waals surface area contributed by atoms with E-state index in [9.17, 15) is 4.79 Å². The summed E-state index contributed by atoms with van der Waals surface area (Å²) >= 11 is 5.39. The van der Waals surface area contributed by atoms with Gasteiger partial charge in [-0.3, -0.25) is 9.78 Å². The molecular formula is C10H11ClN2O2. The van der Waals surface area contributed by atoms with Gasteiger partial charge in [0.25, 0.3) is 5.24 Å². The summed E-state index contributed by atoms with van der Waals surface area (Å²) in [6.07, 6.45) is 3.20. The topological polar surface area (TPSA) is 42.4 Å². The molecule has 0 N–H and O–H groups in total. The number of anilines is 1.